The Morgan fingerprint density at radius 3 is 2.90 bits per heavy atom. The molecule has 2 atom stereocenters. The van der Waals surface area contributed by atoms with E-state index in [1.165, 1.54) is 24.0 Å². The molecule has 108 valence electrons. The second-order valence-corrected chi connectivity index (χ2v) is 6.82. The van der Waals surface area contributed by atoms with Crippen LogP contribution in [0.1, 0.15) is 50.2 Å². The molecular weight excluding hydrogens is 248 g/mol. The van der Waals surface area contributed by atoms with Gasteiger partial charge in [-0.2, -0.15) is 0 Å². The monoisotopic (exact) mass is 272 g/mol. The number of benzene rings is 1. The lowest BCUT2D eigenvalue weighted by atomic mass is 9.86. The number of rotatable bonds is 2. The summed E-state index contributed by atoms with van der Waals surface area (Å²) in [7, 11) is 0. The molecule has 1 aliphatic heterocycles. The van der Waals surface area contributed by atoms with Crippen LogP contribution in [0.4, 0.5) is 0 Å². The summed E-state index contributed by atoms with van der Waals surface area (Å²) in [5.41, 5.74) is 2.68. The van der Waals surface area contributed by atoms with Crippen LogP contribution in [0.25, 0.3) is 0 Å². The Balaban J connectivity index is 1.76. The van der Waals surface area contributed by atoms with E-state index < -0.39 is 0 Å². The van der Waals surface area contributed by atoms with Gasteiger partial charge in [0.15, 0.2) is 0 Å². The number of hydrogen-bond acceptors (Lipinski definition) is 2. The maximum Gasteiger partial charge on any atom is 0.229 e. The molecule has 1 aromatic rings. The summed E-state index contributed by atoms with van der Waals surface area (Å²) in [6.07, 6.45) is 3.54. The zero-order chi connectivity index (χ0) is 14.2. The molecule has 1 saturated carbocycles. The lowest BCUT2D eigenvalue weighted by molar-refractivity contribution is -0.124. The first-order chi connectivity index (χ1) is 9.58. The van der Waals surface area contributed by atoms with Crippen molar-refractivity contribution < 1.29 is 4.79 Å². The zero-order valence-corrected chi connectivity index (χ0v) is 12.4. The summed E-state index contributed by atoms with van der Waals surface area (Å²) in [5, 5.41) is 6.66. The van der Waals surface area contributed by atoms with Crippen LogP contribution >= 0.6 is 0 Å². The van der Waals surface area contributed by atoms with Crippen molar-refractivity contribution >= 4 is 5.91 Å². The second kappa shape index (κ2) is 5.21. The standard InChI is InChI=1S/C17H24N2O/c1-17(2)9-5-8-15(17)19-16(20)14-11-18-10-12-6-3-4-7-13(12)14/h3-4,6-7,14-15,18H,5,8-11H2,1-2H3,(H,19,20). The molecule has 1 aliphatic carbocycles. The van der Waals surface area contributed by atoms with Gasteiger partial charge < -0.3 is 10.6 Å². The quantitative estimate of drug-likeness (QED) is 0.869. The molecule has 0 aromatic heterocycles. The van der Waals surface area contributed by atoms with Gasteiger partial charge in [-0.3, -0.25) is 4.79 Å². The smallest absolute Gasteiger partial charge is 0.229 e. The molecule has 2 unspecified atom stereocenters. The molecule has 1 heterocycles. The molecule has 20 heavy (non-hydrogen) atoms. The average molecular weight is 272 g/mol. The van der Waals surface area contributed by atoms with Crippen molar-refractivity contribution in [3.05, 3.63) is 35.4 Å². The highest BCUT2D eigenvalue weighted by Crippen LogP contribution is 2.37. The van der Waals surface area contributed by atoms with Crippen LogP contribution in [-0.4, -0.2) is 18.5 Å². The van der Waals surface area contributed by atoms with Crippen LogP contribution in [0.5, 0.6) is 0 Å². The highest BCUT2D eigenvalue weighted by Gasteiger charge is 2.37. The number of nitrogens with one attached hydrogen (secondary N) is 2. The first kappa shape index (κ1) is 13.6. The Bertz CT molecular complexity index is 509. The third-order valence-electron chi connectivity index (χ3n) is 4.98. The van der Waals surface area contributed by atoms with Gasteiger partial charge in [0, 0.05) is 19.1 Å². The van der Waals surface area contributed by atoms with Gasteiger partial charge in [0.25, 0.3) is 0 Å². The van der Waals surface area contributed by atoms with E-state index in [-0.39, 0.29) is 17.2 Å². The van der Waals surface area contributed by atoms with Crippen LogP contribution in [0.2, 0.25) is 0 Å². The van der Waals surface area contributed by atoms with Crippen LogP contribution in [0, 0.1) is 5.41 Å². The summed E-state index contributed by atoms with van der Waals surface area (Å²) < 4.78 is 0. The van der Waals surface area contributed by atoms with Crippen molar-refractivity contribution in [1.29, 1.82) is 0 Å². The lowest BCUT2D eigenvalue weighted by Crippen LogP contribution is -2.46. The van der Waals surface area contributed by atoms with E-state index >= 15 is 0 Å². The van der Waals surface area contributed by atoms with Crippen molar-refractivity contribution in [2.75, 3.05) is 6.54 Å². The van der Waals surface area contributed by atoms with E-state index in [9.17, 15) is 4.79 Å². The molecule has 0 saturated heterocycles. The molecule has 3 nitrogen and oxygen atoms in total. The normalized spacial score (nSPS) is 27.9. The SMILES string of the molecule is CC1(C)CCCC1NC(=O)C1CNCc2ccccc21. The molecule has 0 bridgehead atoms. The van der Waals surface area contributed by atoms with Crippen molar-refractivity contribution in [3.63, 3.8) is 0 Å². The first-order valence-electron chi connectivity index (χ1n) is 7.67. The molecule has 3 rings (SSSR count). The predicted octanol–water partition coefficient (Wildman–Crippen LogP) is 2.57. The molecule has 3 heteroatoms. The van der Waals surface area contributed by atoms with Crippen LogP contribution in [0.3, 0.4) is 0 Å². The molecule has 2 N–H and O–H groups in total. The molecule has 0 radical (unpaired) electrons. The summed E-state index contributed by atoms with van der Waals surface area (Å²) in [6.45, 7) is 6.14. The van der Waals surface area contributed by atoms with Crippen molar-refractivity contribution in [1.82, 2.24) is 10.6 Å². The maximum absolute atomic E-state index is 12.7. The first-order valence-corrected chi connectivity index (χ1v) is 7.67. The Labute approximate surface area is 121 Å². The zero-order valence-electron chi connectivity index (χ0n) is 12.4. The summed E-state index contributed by atoms with van der Waals surface area (Å²) in [6, 6.07) is 8.61. The van der Waals surface area contributed by atoms with Gasteiger partial charge in [-0.15, -0.1) is 0 Å². The topological polar surface area (TPSA) is 41.1 Å². The Hall–Kier alpha value is -1.35. The van der Waals surface area contributed by atoms with E-state index in [0.717, 1.165) is 19.5 Å². The Morgan fingerprint density at radius 1 is 1.35 bits per heavy atom. The van der Waals surface area contributed by atoms with Gasteiger partial charge in [-0.05, 0) is 29.4 Å². The van der Waals surface area contributed by atoms with Crippen LogP contribution in [-0.2, 0) is 11.3 Å². The van der Waals surface area contributed by atoms with Gasteiger partial charge in [-0.25, -0.2) is 0 Å². The minimum absolute atomic E-state index is 0.0450. The molecule has 2 aliphatic rings. The van der Waals surface area contributed by atoms with E-state index in [2.05, 4.69) is 36.6 Å². The second-order valence-electron chi connectivity index (χ2n) is 6.82. The van der Waals surface area contributed by atoms with E-state index in [1.54, 1.807) is 0 Å². The molecule has 1 fully saturated rings. The highest BCUT2D eigenvalue weighted by molar-refractivity contribution is 5.85. The number of hydrogen-bond donors (Lipinski definition) is 2. The van der Waals surface area contributed by atoms with Crippen LogP contribution < -0.4 is 10.6 Å². The summed E-state index contributed by atoms with van der Waals surface area (Å²) >= 11 is 0. The predicted molar refractivity (Wildman–Crippen MR) is 80.5 cm³/mol. The summed E-state index contributed by atoms with van der Waals surface area (Å²) in [5.74, 6) is 0.140. The molecule has 0 spiro atoms. The summed E-state index contributed by atoms with van der Waals surface area (Å²) in [4.78, 5) is 12.7. The Morgan fingerprint density at radius 2 is 2.15 bits per heavy atom. The fraction of sp³-hybridized carbons (Fsp3) is 0.588. The van der Waals surface area contributed by atoms with Gasteiger partial charge >= 0.3 is 0 Å². The number of carbonyl (C=O) groups is 1. The van der Waals surface area contributed by atoms with Crippen LogP contribution in [0.15, 0.2) is 24.3 Å². The van der Waals surface area contributed by atoms with Crippen molar-refractivity contribution in [2.45, 2.75) is 51.6 Å². The van der Waals surface area contributed by atoms with Gasteiger partial charge in [0.2, 0.25) is 5.91 Å². The number of fused-ring (bicyclic) bond motifs is 1. The highest BCUT2D eigenvalue weighted by atomic mass is 16.2. The third-order valence-corrected chi connectivity index (χ3v) is 4.98. The van der Waals surface area contributed by atoms with E-state index in [4.69, 9.17) is 0 Å². The van der Waals surface area contributed by atoms with Gasteiger partial charge in [-0.1, -0.05) is 44.5 Å². The lowest BCUT2D eigenvalue weighted by Gasteiger charge is -2.31. The molecule has 1 amide bonds. The maximum atomic E-state index is 12.7. The minimum atomic E-state index is -0.0450. The molecular formula is C17H24N2O. The van der Waals surface area contributed by atoms with Gasteiger partial charge in [0.05, 0.1) is 5.92 Å². The number of amides is 1. The fourth-order valence-corrected chi connectivity index (χ4v) is 3.60. The van der Waals surface area contributed by atoms with Crippen molar-refractivity contribution in [2.24, 2.45) is 5.41 Å². The minimum Gasteiger partial charge on any atom is -0.352 e. The van der Waals surface area contributed by atoms with E-state index in [1.807, 2.05) is 12.1 Å². The molecule has 1 aromatic carbocycles. The number of carbonyl (C=O) groups excluding carboxylic acids is 1. The largest absolute Gasteiger partial charge is 0.352 e. The third kappa shape index (κ3) is 2.47. The van der Waals surface area contributed by atoms with Crippen molar-refractivity contribution in [3.8, 4) is 0 Å². The fourth-order valence-electron chi connectivity index (χ4n) is 3.60. The van der Waals surface area contributed by atoms with E-state index in [0.29, 0.717) is 6.04 Å². The Kier molecular flexibility index (Phi) is 3.55. The average Bonchev–Trinajstić information content (AvgIpc) is 2.77. The van der Waals surface area contributed by atoms with Gasteiger partial charge in [0.1, 0.15) is 0 Å².